The third-order valence-electron chi connectivity index (χ3n) is 2.53. The van der Waals surface area contributed by atoms with Crippen LogP contribution in [0, 0.1) is 0 Å². The quantitative estimate of drug-likeness (QED) is 0.807. The topological polar surface area (TPSA) is 69.1 Å². The number of rotatable bonds is 4. The summed E-state index contributed by atoms with van der Waals surface area (Å²) in [5.41, 5.74) is 6.57. The van der Waals surface area contributed by atoms with Crippen molar-refractivity contribution in [1.29, 1.82) is 0 Å². The van der Waals surface area contributed by atoms with E-state index in [9.17, 15) is 0 Å². The third kappa shape index (κ3) is 1.83. The second-order valence-electron chi connectivity index (χ2n) is 3.59. The lowest BCUT2D eigenvalue weighted by Gasteiger charge is -2.10. The largest absolute Gasteiger partial charge is 0.330 e. The maximum atomic E-state index is 5.74. The minimum atomic E-state index is 0.272. The molecule has 2 aromatic rings. The van der Waals surface area contributed by atoms with Crippen LogP contribution in [0.4, 0.5) is 0 Å². The first-order chi connectivity index (χ1) is 7.36. The first-order valence-electron chi connectivity index (χ1n) is 5.21. The molecule has 0 bridgehead atoms. The van der Waals surface area contributed by atoms with E-state index in [-0.39, 0.29) is 5.92 Å². The predicted octanol–water partition coefficient (Wildman–Crippen LogP) is 0.967. The van der Waals surface area contributed by atoms with Crippen LogP contribution in [0.3, 0.4) is 0 Å². The Hall–Kier alpha value is -1.49. The van der Waals surface area contributed by atoms with Gasteiger partial charge in [-0.3, -0.25) is 4.40 Å². The first kappa shape index (κ1) is 10.0. The van der Waals surface area contributed by atoms with Gasteiger partial charge in [0.15, 0.2) is 5.65 Å². The Morgan fingerprint density at radius 2 is 2.33 bits per heavy atom. The van der Waals surface area contributed by atoms with E-state index in [1.165, 1.54) is 0 Å². The van der Waals surface area contributed by atoms with Crippen LogP contribution in [0.2, 0.25) is 0 Å². The smallest absolute Gasteiger partial charge is 0.163 e. The summed E-state index contributed by atoms with van der Waals surface area (Å²) in [7, 11) is 0. The van der Waals surface area contributed by atoms with E-state index in [0.29, 0.717) is 6.54 Å². The monoisotopic (exact) mass is 205 g/mol. The highest BCUT2D eigenvalue weighted by atomic mass is 15.3. The van der Waals surface area contributed by atoms with Crippen LogP contribution in [0.25, 0.3) is 5.65 Å². The average molecular weight is 205 g/mol. The van der Waals surface area contributed by atoms with Gasteiger partial charge in [-0.05, 0) is 6.42 Å². The SMILES string of the molecule is CCCC(CN)c1nnc2ccncn12. The van der Waals surface area contributed by atoms with Gasteiger partial charge >= 0.3 is 0 Å². The number of hydrogen-bond donors (Lipinski definition) is 1. The molecule has 2 aromatic heterocycles. The van der Waals surface area contributed by atoms with E-state index in [1.54, 1.807) is 12.5 Å². The highest BCUT2D eigenvalue weighted by molar-refractivity contribution is 5.35. The molecule has 0 aliphatic carbocycles. The van der Waals surface area contributed by atoms with Gasteiger partial charge in [0.1, 0.15) is 12.2 Å². The Balaban J connectivity index is 2.41. The van der Waals surface area contributed by atoms with E-state index in [2.05, 4.69) is 22.1 Å². The summed E-state index contributed by atoms with van der Waals surface area (Å²) in [5.74, 6) is 1.19. The van der Waals surface area contributed by atoms with Crippen molar-refractivity contribution in [2.75, 3.05) is 6.54 Å². The van der Waals surface area contributed by atoms with Crippen molar-refractivity contribution in [2.24, 2.45) is 5.73 Å². The predicted molar refractivity (Wildman–Crippen MR) is 57.5 cm³/mol. The van der Waals surface area contributed by atoms with Gasteiger partial charge in [0.2, 0.25) is 0 Å². The zero-order valence-electron chi connectivity index (χ0n) is 8.80. The van der Waals surface area contributed by atoms with E-state index in [1.807, 2.05) is 10.5 Å². The summed E-state index contributed by atoms with van der Waals surface area (Å²) in [6.07, 6.45) is 5.58. The van der Waals surface area contributed by atoms with E-state index < -0.39 is 0 Å². The number of hydrogen-bond acceptors (Lipinski definition) is 4. The minimum absolute atomic E-state index is 0.272. The number of nitrogens with zero attached hydrogens (tertiary/aromatic N) is 4. The molecule has 0 aliphatic heterocycles. The molecule has 0 fully saturated rings. The Labute approximate surface area is 88.3 Å². The standard InChI is InChI=1S/C10H15N5/c1-2-3-8(6-11)10-14-13-9-4-5-12-7-15(9)10/h4-5,7-8H,2-3,6,11H2,1H3. The maximum absolute atomic E-state index is 5.74. The van der Waals surface area contributed by atoms with Crippen molar-refractivity contribution >= 4 is 5.65 Å². The molecular weight excluding hydrogens is 190 g/mol. The van der Waals surface area contributed by atoms with Crippen LogP contribution in [0.5, 0.6) is 0 Å². The average Bonchev–Trinajstić information content (AvgIpc) is 2.70. The zero-order valence-corrected chi connectivity index (χ0v) is 8.80. The number of nitrogens with two attached hydrogens (primary N) is 1. The highest BCUT2D eigenvalue weighted by Crippen LogP contribution is 2.18. The van der Waals surface area contributed by atoms with Crippen molar-refractivity contribution in [2.45, 2.75) is 25.7 Å². The molecule has 0 saturated heterocycles. The molecule has 0 radical (unpaired) electrons. The molecule has 15 heavy (non-hydrogen) atoms. The van der Waals surface area contributed by atoms with Gasteiger partial charge in [0.05, 0.1) is 0 Å². The summed E-state index contributed by atoms with van der Waals surface area (Å²) in [4.78, 5) is 4.06. The van der Waals surface area contributed by atoms with Crippen molar-refractivity contribution in [3.05, 3.63) is 24.4 Å². The van der Waals surface area contributed by atoms with Gasteiger partial charge in [-0.1, -0.05) is 13.3 Å². The second kappa shape index (κ2) is 4.35. The summed E-state index contributed by atoms with van der Waals surface area (Å²) in [6, 6.07) is 1.84. The molecule has 0 spiro atoms. The van der Waals surface area contributed by atoms with Gasteiger partial charge in [0, 0.05) is 24.7 Å². The zero-order chi connectivity index (χ0) is 10.7. The van der Waals surface area contributed by atoms with Gasteiger partial charge in [-0.25, -0.2) is 4.98 Å². The molecule has 5 heteroatoms. The van der Waals surface area contributed by atoms with Crippen LogP contribution >= 0.6 is 0 Å². The molecular formula is C10H15N5. The van der Waals surface area contributed by atoms with E-state index in [0.717, 1.165) is 24.3 Å². The van der Waals surface area contributed by atoms with Crippen LogP contribution in [0.1, 0.15) is 31.5 Å². The second-order valence-corrected chi connectivity index (χ2v) is 3.59. The lowest BCUT2D eigenvalue weighted by Crippen LogP contribution is -2.15. The summed E-state index contributed by atoms with van der Waals surface area (Å²) >= 11 is 0. The molecule has 0 aliphatic rings. The lowest BCUT2D eigenvalue weighted by molar-refractivity contribution is 0.582. The fraction of sp³-hybridized carbons (Fsp3) is 0.500. The van der Waals surface area contributed by atoms with Gasteiger partial charge < -0.3 is 5.73 Å². The van der Waals surface area contributed by atoms with Crippen molar-refractivity contribution < 1.29 is 0 Å². The van der Waals surface area contributed by atoms with Gasteiger partial charge in [-0.15, -0.1) is 10.2 Å². The molecule has 1 unspecified atom stereocenters. The number of aromatic nitrogens is 4. The Bertz CT molecular complexity index is 436. The summed E-state index contributed by atoms with van der Waals surface area (Å²) in [6.45, 7) is 2.74. The van der Waals surface area contributed by atoms with Crippen LogP contribution < -0.4 is 5.73 Å². The fourth-order valence-electron chi connectivity index (χ4n) is 1.74. The van der Waals surface area contributed by atoms with Crippen LogP contribution in [-0.2, 0) is 0 Å². The Morgan fingerprint density at radius 1 is 1.47 bits per heavy atom. The summed E-state index contributed by atoms with van der Waals surface area (Å²) in [5, 5.41) is 8.27. The molecule has 80 valence electrons. The van der Waals surface area contributed by atoms with E-state index in [4.69, 9.17) is 5.73 Å². The molecule has 1 atom stereocenters. The molecule has 0 aromatic carbocycles. The fourth-order valence-corrected chi connectivity index (χ4v) is 1.74. The Morgan fingerprint density at radius 3 is 3.07 bits per heavy atom. The summed E-state index contributed by atoms with van der Waals surface area (Å²) < 4.78 is 1.91. The maximum Gasteiger partial charge on any atom is 0.163 e. The normalized spacial score (nSPS) is 13.2. The highest BCUT2D eigenvalue weighted by Gasteiger charge is 2.15. The number of fused-ring (bicyclic) bond motifs is 1. The molecule has 2 rings (SSSR count). The molecule has 2 heterocycles. The molecule has 0 amide bonds. The third-order valence-corrected chi connectivity index (χ3v) is 2.53. The van der Waals surface area contributed by atoms with Gasteiger partial charge in [0.25, 0.3) is 0 Å². The minimum Gasteiger partial charge on any atom is -0.330 e. The first-order valence-corrected chi connectivity index (χ1v) is 5.21. The Kier molecular flexibility index (Phi) is 2.91. The van der Waals surface area contributed by atoms with Crippen molar-refractivity contribution in [3.63, 3.8) is 0 Å². The lowest BCUT2D eigenvalue weighted by atomic mass is 10.0. The van der Waals surface area contributed by atoms with Crippen LogP contribution in [-0.4, -0.2) is 26.1 Å². The van der Waals surface area contributed by atoms with Crippen molar-refractivity contribution in [3.8, 4) is 0 Å². The molecule has 5 nitrogen and oxygen atoms in total. The molecule has 0 saturated carbocycles. The van der Waals surface area contributed by atoms with E-state index >= 15 is 0 Å². The van der Waals surface area contributed by atoms with Gasteiger partial charge in [-0.2, -0.15) is 0 Å². The van der Waals surface area contributed by atoms with Crippen molar-refractivity contribution in [1.82, 2.24) is 19.6 Å². The molecule has 2 N–H and O–H groups in total. The van der Waals surface area contributed by atoms with Crippen LogP contribution in [0.15, 0.2) is 18.6 Å².